The zero-order valence-electron chi connectivity index (χ0n) is 16.4. The van der Waals surface area contributed by atoms with Gasteiger partial charge >= 0.3 is 6.18 Å². The van der Waals surface area contributed by atoms with Gasteiger partial charge in [0.05, 0.1) is 12.2 Å². The van der Waals surface area contributed by atoms with E-state index in [1.54, 1.807) is 6.07 Å². The maximum atomic E-state index is 13.0. The van der Waals surface area contributed by atoms with E-state index in [4.69, 9.17) is 11.6 Å². The summed E-state index contributed by atoms with van der Waals surface area (Å²) in [6.07, 6.45) is -3.05. The highest BCUT2D eigenvalue weighted by molar-refractivity contribution is 6.30. The second-order valence-corrected chi connectivity index (χ2v) is 8.43. The number of piperidine rings is 1. The van der Waals surface area contributed by atoms with Gasteiger partial charge in [-0.15, -0.1) is 0 Å². The average Bonchev–Trinajstić information content (AvgIpc) is 3.00. The molecule has 0 radical (unpaired) electrons. The number of likely N-dealkylation sites (tertiary alicyclic amines) is 1. The van der Waals surface area contributed by atoms with Crippen molar-refractivity contribution in [3.8, 4) is 0 Å². The number of carbonyl (C=O) groups is 1. The molecule has 2 heterocycles. The highest BCUT2D eigenvalue weighted by Gasteiger charge is 2.49. The van der Waals surface area contributed by atoms with Crippen LogP contribution in [-0.2, 0) is 24.1 Å². The van der Waals surface area contributed by atoms with Crippen molar-refractivity contribution < 1.29 is 18.0 Å². The molecule has 2 aliphatic rings. The maximum Gasteiger partial charge on any atom is 0.416 e. The number of nitrogens with zero attached hydrogens (tertiary/aromatic N) is 2. The Morgan fingerprint density at radius 3 is 2.37 bits per heavy atom. The summed E-state index contributed by atoms with van der Waals surface area (Å²) in [5.74, 6) is 0.0372. The molecule has 1 N–H and O–H groups in total. The molecule has 0 saturated carbocycles. The molecule has 2 fully saturated rings. The van der Waals surface area contributed by atoms with Gasteiger partial charge in [-0.1, -0.05) is 41.9 Å². The lowest BCUT2D eigenvalue weighted by atomic mass is 9.85. The van der Waals surface area contributed by atoms with Gasteiger partial charge in [0, 0.05) is 31.2 Å². The van der Waals surface area contributed by atoms with Crippen LogP contribution in [0.2, 0.25) is 5.02 Å². The molecule has 0 aliphatic carbocycles. The van der Waals surface area contributed by atoms with E-state index in [0.29, 0.717) is 56.3 Å². The van der Waals surface area contributed by atoms with Gasteiger partial charge in [-0.2, -0.15) is 13.2 Å². The van der Waals surface area contributed by atoms with E-state index in [1.807, 2.05) is 24.3 Å². The summed E-state index contributed by atoms with van der Waals surface area (Å²) in [5.41, 5.74) is 0.526. The van der Waals surface area contributed by atoms with Gasteiger partial charge in [0.15, 0.2) is 0 Å². The standard InChI is InChI=1S/C22H23ClF3N3O/c23-19-6-4-16(5-7-19)14-29-15-27-20(30)21(29)8-10-28(11-9-21)13-17-2-1-3-18(12-17)22(24,25)26/h1-7,12H,8-11,13-15H2,(H,27,30). The fraction of sp³-hybridized carbons (Fsp3) is 0.409. The van der Waals surface area contributed by atoms with Gasteiger partial charge in [0.1, 0.15) is 5.54 Å². The molecule has 0 aromatic heterocycles. The number of hydrogen-bond acceptors (Lipinski definition) is 3. The zero-order valence-corrected chi connectivity index (χ0v) is 17.1. The number of carbonyl (C=O) groups excluding carboxylic acids is 1. The van der Waals surface area contributed by atoms with Gasteiger partial charge in [0.2, 0.25) is 5.91 Å². The molecule has 4 rings (SSSR count). The molecule has 30 heavy (non-hydrogen) atoms. The zero-order chi connectivity index (χ0) is 21.4. The second-order valence-electron chi connectivity index (χ2n) is 7.99. The Kier molecular flexibility index (Phi) is 5.79. The number of hydrogen-bond donors (Lipinski definition) is 1. The first-order valence-corrected chi connectivity index (χ1v) is 10.3. The Bertz CT molecular complexity index is 909. The Labute approximate surface area is 178 Å². The third-order valence-corrected chi connectivity index (χ3v) is 6.34. The summed E-state index contributed by atoms with van der Waals surface area (Å²) in [4.78, 5) is 17.0. The van der Waals surface area contributed by atoms with Crippen molar-refractivity contribution in [2.45, 2.75) is 37.6 Å². The maximum absolute atomic E-state index is 13.0. The van der Waals surface area contributed by atoms with E-state index in [2.05, 4.69) is 15.1 Å². The van der Waals surface area contributed by atoms with Crippen molar-refractivity contribution in [2.24, 2.45) is 0 Å². The quantitative estimate of drug-likeness (QED) is 0.775. The highest BCUT2D eigenvalue weighted by atomic mass is 35.5. The monoisotopic (exact) mass is 437 g/mol. The molecule has 0 bridgehead atoms. The van der Waals surface area contributed by atoms with E-state index < -0.39 is 17.3 Å². The van der Waals surface area contributed by atoms with Crippen LogP contribution < -0.4 is 5.32 Å². The number of nitrogens with one attached hydrogen (secondary N) is 1. The molecule has 8 heteroatoms. The van der Waals surface area contributed by atoms with Gasteiger partial charge in [-0.3, -0.25) is 14.6 Å². The first-order chi connectivity index (χ1) is 14.3. The summed E-state index contributed by atoms with van der Waals surface area (Å²) in [6, 6.07) is 13.1. The van der Waals surface area contributed by atoms with Gasteiger partial charge < -0.3 is 5.32 Å². The molecule has 2 aliphatic heterocycles. The fourth-order valence-corrected chi connectivity index (χ4v) is 4.50. The summed E-state index contributed by atoms with van der Waals surface area (Å²) in [7, 11) is 0. The minimum Gasteiger partial charge on any atom is -0.342 e. The normalized spacial score (nSPS) is 19.9. The molecular formula is C22H23ClF3N3O. The lowest BCUT2D eigenvalue weighted by Crippen LogP contribution is -2.55. The van der Waals surface area contributed by atoms with E-state index in [1.165, 1.54) is 12.1 Å². The van der Waals surface area contributed by atoms with E-state index in [9.17, 15) is 18.0 Å². The van der Waals surface area contributed by atoms with Gasteiger partial charge in [-0.05, 0) is 42.2 Å². The summed E-state index contributed by atoms with van der Waals surface area (Å²) >= 11 is 5.96. The average molecular weight is 438 g/mol. The number of amides is 1. The Balaban J connectivity index is 1.42. The third-order valence-electron chi connectivity index (χ3n) is 6.09. The van der Waals surface area contributed by atoms with Crippen LogP contribution in [0.25, 0.3) is 0 Å². The number of benzene rings is 2. The largest absolute Gasteiger partial charge is 0.416 e. The summed E-state index contributed by atoms with van der Waals surface area (Å²) in [5, 5.41) is 3.64. The molecule has 0 atom stereocenters. The van der Waals surface area contributed by atoms with Crippen LogP contribution in [-0.4, -0.2) is 41.0 Å². The first kappa shape index (κ1) is 21.2. The molecule has 0 unspecified atom stereocenters. The molecule has 1 amide bonds. The van der Waals surface area contributed by atoms with Crippen molar-refractivity contribution in [3.05, 3.63) is 70.2 Å². The van der Waals surface area contributed by atoms with Crippen molar-refractivity contribution in [1.82, 2.24) is 15.1 Å². The van der Waals surface area contributed by atoms with Crippen molar-refractivity contribution in [1.29, 1.82) is 0 Å². The summed E-state index contributed by atoms with van der Waals surface area (Å²) in [6.45, 7) is 2.89. The van der Waals surface area contributed by atoms with Crippen LogP contribution in [0.1, 0.15) is 29.5 Å². The lowest BCUT2D eigenvalue weighted by Gasteiger charge is -2.42. The first-order valence-electron chi connectivity index (χ1n) is 9.93. The van der Waals surface area contributed by atoms with Crippen molar-refractivity contribution in [2.75, 3.05) is 19.8 Å². The molecule has 160 valence electrons. The molecule has 2 aromatic carbocycles. The number of halogens is 4. The highest BCUT2D eigenvalue weighted by Crippen LogP contribution is 2.35. The van der Waals surface area contributed by atoms with Crippen LogP contribution in [0.15, 0.2) is 48.5 Å². The fourth-order valence-electron chi connectivity index (χ4n) is 4.37. The topological polar surface area (TPSA) is 35.6 Å². The molecule has 2 saturated heterocycles. The predicted octanol–water partition coefficient (Wildman–Crippen LogP) is 4.28. The SMILES string of the molecule is O=C1NCN(Cc2ccc(Cl)cc2)C12CCN(Cc1cccc(C(F)(F)F)c1)CC2. The van der Waals surface area contributed by atoms with Gasteiger partial charge in [0.25, 0.3) is 0 Å². The lowest BCUT2D eigenvalue weighted by molar-refractivity contribution is -0.137. The Hall–Kier alpha value is -2.09. The number of alkyl halides is 3. The minimum absolute atomic E-state index is 0.0372. The molecule has 2 aromatic rings. The molecular weight excluding hydrogens is 415 g/mol. The van der Waals surface area contributed by atoms with Crippen LogP contribution in [0, 0.1) is 0 Å². The predicted molar refractivity (Wildman–Crippen MR) is 109 cm³/mol. The minimum atomic E-state index is -4.34. The molecule has 1 spiro atoms. The number of rotatable bonds is 4. The van der Waals surface area contributed by atoms with Crippen LogP contribution >= 0.6 is 11.6 Å². The van der Waals surface area contributed by atoms with Crippen LogP contribution in [0.4, 0.5) is 13.2 Å². The van der Waals surface area contributed by atoms with Crippen LogP contribution in [0.3, 0.4) is 0 Å². The Morgan fingerprint density at radius 2 is 1.70 bits per heavy atom. The van der Waals surface area contributed by atoms with Crippen molar-refractivity contribution >= 4 is 17.5 Å². The third kappa shape index (κ3) is 4.33. The van der Waals surface area contributed by atoms with Crippen LogP contribution in [0.5, 0.6) is 0 Å². The van der Waals surface area contributed by atoms with E-state index >= 15 is 0 Å². The smallest absolute Gasteiger partial charge is 0.342 e. The van der Waals surface area contributed by atoms with E-state index in [-0.39, 0.29) is 5.91 Å². The van der Waals surface area contributed by atoms with E-state index in [0.717, 1.165) is 11.6 Å². The van der Waals surface area contributed by atoms with Crippen molar-refractivity contribution in [3.63, 3.8) is 0 Å². The molecule has 4 nitrogen and oxygen atoms in total. The Morgan fingerprint density at radius 1 is 1.00 bits per heavy atom. The second kappa shape index (κ2) is 8.21. The summed E-state index contributed by atoms with van der Waals surface area (Å²) < 4.78 is 38.9. The van der Waals surface area contributed by atoms with Gasteiger partial charge in [-0.25, -0.2) is 0 Å².